The molecule has 22 heavy (non-hydrogen) atoms. The van der Waals surface area contributed by atoms with Crippen LogP contribution in [0.2, 0.25) is 0 Å². The summed E-state index contributed by atoms with van der Waals surface area (Å²) in [6, 6.07) is 6.54. The zero-order valence-corrected chi connectivity index (χ0v) is 12.3. The van der Waals surface area contributed by atoms with Crippen molar-refractivity contribution in [3.63, 3.8) is 0 Å². The first-order valence-electron chi connectivity index (χ1n) is 6.84. The summed E-state index contributed by atoms with van der Waals surface area (Å²) in [5.74, 6) is -0.169. The summed E-state index contributed by atoms with van der Waals surface area (Å²) in [4.78, 5) is 26.4. The standard InChI is InChI=1S/C16H16N4O2/c1-8-5-9(2)18-14(8)7-12-11-6-10(19-16(17)22)3-4-13(11)20-15(12)21/h3-7,18H,1-2H3,(H,20,21)(H3,17,19,22). The monoisotopic (exact) mass is 296 g/mol. The maximum atomic E-state index is 12.2. The Balaban J connectivity index is 2.06. The molecule has 1 aromatic carbocycles. The Bertz CT molecular complexity index is 818. The van der Waals surface area contributed by atoms with E-state index >= 15 is 0 Å². The lowest BCUT2D eigenvalue weighted by molar-refractivity contribution is -0.110. The fourth-order valence-electron chi connectivity index (χ4n) is 2.60. The minimum Gasteiger partial charge on any atom is -0.359 e. The van der Waals surface area contributed by atoms with Gasteiger partial charge in [-0.05, 0) is 49.8 Å². The minimum absolute atomic E-state index is 0.169. The molecule has 3 rings (SSSR count). The second-order valence-corrected chi connectivity index (χ2v) is 5.31. The van der Waals surface area contributed by atoms with Crippen molar-refractivity contribution in [2.45, 2.75) is 13.8 Å². The van der Waals surface area contributed by atoms with E-state index in [0.717, 1.165) is 22.5 Å². The van der Waals surface area contributed by atoms with Crippen molar-refractivity contribution >= 4 is 35.0 Å². The van der Waals surface area contributed by atoms with Gasteiger partial charge in [0.05, 0.1) is 5.57 Å². The van der Waals surface area contributed by atoms with Crippen LogP contribution in [0.15, 0.2) is 24.3 Å². The van der Waals surface area contributed by atoms with Gasteiger partial charge in [0.2, 0.25) is 0 Å². The average molecular weight is 296 g/mol. The van der Waals surface area contributed by atoms with Crippen LogP contribution in [0.5, 0.6) is 0 Å². The molecule has 0 radical (unpaired) electrons. The van der Waals surface area contributed by atoms with Crippen LogP contribution in [-0.2, 0) is 4.79 Å². The molecule has 112 valence electrons. The number of H-pyrrole nitrogens is 1. The first-order valence-corrected chi connectivity index (χ1v) is 6.84. The van der Waals surface area contributed by atoms with Crippen molar-refractivity contribution in [3.05, 3.63) is 46.8 Å². The number of benzene rings is 1. The third-order valence-corrected chi connectivity index (χ3v) is 3.55. The number of hydrogen-bond donors (Lipinski definition) is 4. The molecule has 1 aromatic heterocycles. The molecule has 1 aliphatic heterocycles. The van der Waals surface area contributed by atoms with Gasteiger partial charge in [-0.15, -0.1) is 0 Å². The number of hydrogen-bond acceptors (Lipinski definition) is 2. The number of primary amides is 1. The smallest absolute Gasteiger partial charge is 0.316 e. The van der Waals surface area contributed by atoms with Crippen molar-refractivity contribution in [1.82, 2.24) is 4.98 Å². The highest BCUT2D eigenvalue weighted by molar-refractivity contribution is 6.35. The SMILES string of the molecule is Cc1cc(C)c(C=C2C(=O)Nc3ccc(NC(N)=O)cc32)[nH]1. The molecule has 5 N–H and O–H groups in total. The first kappa shape index (κ1) is 13.9. The van der Waals surface area contributed by atoms with Gasteiger partial charge in [-0.1, -0.05) is 0 Å². The van der Waals surface area contributed by atoms with E-state index in [9.17, 15) is 9.59 Å². The summed E-state index contributed by atoms with van der Waals surface area (Å²) in [5, 5.41) is 5.32. The Morgan fingerprint density at radius 2 is 2.05 bits per heavy atom. The number of anilines is 2. The van der Waals surface area contributed by atoms with E-state index in [-0.39, 0.29) is 5.91 Å². The van der Waals surface area contributed by atoms with E-state index in [4.69, 9.17) is 5.73 Å². The molecule has 0 saturated heterocycles. The molecule has 0 spiro atoms. The molecule has 2 heterocycles. The quantitative estimate of drug-likeness (QED) is 0.640. The zero-order valence-electron chi connectivity index (χ0n) is 12.3. The molecule has 0 saturated carbocycles. The van der Waals surface area contributed by atoms with Crippen LogP contribution >= 0.6 is 0 Å². The molecule has 0 fully saturated rings. The highest BCUT2D eigenvalue weighted by atomic mass is 16.2. The lowest BCUT2D eigenvalue weighted by Gasteiger charge is -2.04. The van der Waals surface area contributed by atoms with E-state index in [1.165, 1.54) is 0 Å². The van der Waals surface area contributed by atoms with Gasteiger partial charge in [-0.3, -0.25) is 4.79 Å². The van der Waals surface area contributed by atoms with E-state index in [0.29, 0.717) is 16.9 Å². The number of rotatable bonds is 2. The van der Waals surface area contributed by atoms with Crippen molar-refractivity contribution < 1.29 is 9.59 Å². The Morgan fingerprint density at radius 1 is 1.27 bits per heavy atom. The Hall–Kier alpha value is -3.02. The van der Waals surface area contributed by atoms with Crippen molar-refractivity contribution in [2.24, 2.45) is 5.73 Å². The molecular weight excluding hydrogens is 280 g/mol. The minimum atomic E-state index is -0.640. The van der Waals surface area contributed by atoms with Gasteiger partial charge >= 0.3 is 6.03 Å². The van der Waals surface area contributed by atoms with Gasteiger partial charge in [0.15, 0.2) is 0 Å². The zero-order chi connectivity index (χ0) is 15.9. The van der Waals surface area contributed by atoms with Gasteiger partial charge in [0.1, 0.15) is 0 Å². The van der Waals surface area contributed by atoms with Crippen molar-refractivity contribution in [1.29, 1.82) is 0 Å². The Morgan fingerprint density at radius 3 is 2.68 bits per heavy atom. The number of nitrogens with two attached hydrogens (primary N) is 1. The Kier molecular flexibility index (Phi) is 3.21. The average Bonchev–Trinajstić information content (AvgIpc) is 2.90. The van der Waals surface area contributed by atoms with Crippen molar-refractivity contribution in [2.75, 3.05) is 10.6 Å². The van der Waals surface area contributed by atoms with E-state index < -0.39 is 6.03 Å². The predicted octanol–water partition coefficient (Wildman–Crippen LogP) is 2.61. The van der Waals surface area contributed by atoms with Crippen LogP contribution in [0.3, 0.4) is 0 Å². The molecule has 6 nitrogen and oxygen atoms in total. The van der Waals surface area contributed by atoms with Gasteiger partial charge in [0, 0.05) is 28.3 Å². The number of aryl methyl sites for hydroxylation is 2. The molecule has 6 heteroatoms. The topological polar surface area (TPSA) is 100 Å². The largest absolute Gasteiger partial charge is 0.359 e. The number of nitrogens with one attached hydrogen (secondary N) is 3. The lowest BCUT2D eigenvalue weighted by atomic mass is 10.0. The summed E-state index contributed by atoms with van der Waals surface area (Å²) in [7, 11) is 0. The van der Waals surface area contributed by atoms with Crippen LogP contribution in [0.25, 0.3) is 11.6 Å². The first-order chi connectivity index (χ1) is 10.4. The highest BCUT2D eigenvalue weighted by Gasteiger charge is 2.24. The predicted molar refractivity (Wildman–Crippen MR) is 86.4 cm³/mol. The third-order valence-electron chi connectivity index (χ3n) is 3.55. The maximum absolute atomic E-state index is 12.2. The van der Waals surface area contributed by atoms with Gasteiger partial charge in [0.25, 0.3) is 5.91 Å². The molecule has 3 amide bonds. The number of carbonyl (C=O) groups is 2. The van der Waals surface area contributed by atoms with Crippen LogP contribution in [0.1, 0.15) is 22.5 Å². The summed E-state index contributed by atoms with van der Waals surface area (Å²) in [6.45, 7) is 3.95. The van der Waals surface area contributed by atoms with Crippen LogP contribution in [0.4, 0.5) is 16.2 Å². The molecule has 1 aliphatic rings. The number of amides is 3. The van der Waals surface area contributed by atoms with Crippen LogP contribution in [-0.4, -0.2) is 16.9 Å². The second-order valence-electron chi connectivity index (χ2n) is 5.31. The fourth-order valence-corrected chi connectivity index (χ4v) is 2.60. The fraction of sp³-hybridized carbons (Fsp3) is 0.125. The summed E-state index contributed by atoms with van der Waals surface area (Å²) in [5.41, 5.74) is 10.7. The number of urea groups is 1. The lowest BCUT2D eigenvalue weighted by Crippen LogP contribution is -2.19. The highest BCUT2D eigenvalue weighted by Crippen LogP contribution is 2.35. The number of aromatic nitrogens is 1. The maximum Gasteiger partial charge on any atom is 0.316 e. The third kappa shape index (κ3) is 2.46. The van der Waals surface area contributed by atoms with Crippen LogP contribution in [0, 0.1) is 13.8 Å². The summed E-state index contributed by atoms with van der Waals surface area (Å²) in [6.07, 6.45) is 1.82. The molecule has 0 atom stereocenters. The van der Waals surface area contributed by atoms with E-state index in [1.807, 2.05) is 26.0 Å². The molecule has 0 unspecified atom stereocenters. The molecule has 0 bridgehead atoms. The van der Waals surface area contributed by atoms with Crippen molar-refractivity contribution in [3.8, 4) is 0 Å². The number of carbonyl (C=O) groups excluding carboxylic acids is 2. The van der Waals surface area contributed by atoms with E-state index in [2.05, 4.69) is 15.6 Å². The van der Waals surface area contributed by atoms with Gasteiger partial charge in [-0.25, -0.2) is 4.79 Å². The number of aromatic amines is 1. The second kappa shape index (κ2) is 5.07. The molecule has 2 aromatic rings. The van der Waals surface area contributed by atoms with Gasteiger partial charge in [-0.2, -0.15) is 0 Å². The molecular formula is C16H16N4O2. The normalized spacial score (nSPS) is 14.8. The summed E-state index contributed by atoms with van der Waals surface area (Å²) < 4.78 is 0. The number of fused-ring (bicyclic) bond motifs is 1. The Labute approximate surface area is 127 Å². The van der Waals surface area contributed by atoms with Gasteiger partial charge < -0.3 is 21.4 Å². The van der Waals surface area contributed by atoms with Crippen LogP contribution < -0.4 is 16.4 Å². The van der Waals surface area contributed by atoms with E-state index in [1.54, 1.807) is 18.2 Å². The summed E-state index contributed by atoms with van der Waals surface area (Å²) >= 11 is 0. The molecule has 0 aliphatic carbocycles.